The summed E-state index contributed by atoms with van der Waals surface area (Å²) in [5.74, 6) is 3.14. The highest BCUT2D eigenvalue weighted by atomic mass is 35.5. The van der Waals surface area contributed by atoms with Gasteiger partial charge in [0.15, 0.2) is 11.5 Å². The third kappa shape index (κ3) is 3.98. The van der Waals surface area contributed by atoms with Gasteiger partial charge < -0.3 is 14.8 Å². The van der Waals surface area contributed by atoms with E-state index in [1.165, 1.54) is 11.8 Å². The van der Waals surface area contributed by atoms with Crippen molar-refractivity contribution in [3.05, 3.63) is 51.9 Å². The number of thioether (sulfide) groups is 1. The average molecular weight is 386 g/mol. The highest BCUT2D eigenvalue weighted by Gasteiger charge is 2.21. The Morgan fingerprint density at radius 3 is 2.88 bits per heavy atom. The first kappa shape index (κ1) is 18.2. The van der Waals surface area contributed by atoms with Crippen LogP contribution in [-0.2, 0) is 4.79 Å². The third-order valence-electron chi connectivity index (χ3n) is 3.51. The number of nitrogens with one attached hydrogen (secondary N) is 1. The molecule has 0 saturated heterocycles. The molecule has 0 unspecified atom stereocenters. The molecule has 1 heterocycles. The quantitative estimate of drug-likeness (QED) is 0.591. The van der Waals surface area contributed by atoms with Crippen LogP contribution in [0.1, 0.15) is 12.5 Å². The minimum atomic E-state index is -0.157. The van der Waals surface area contributed by atoms with Crippen LogP contribution in [0.3, 0.4) is 0 Å². The van der Waals surface area contributed by atoms with E-state index in [1.807, 2.05) is 31.2 Å². The molecule has 1 aliphatic rings. The molecule has 0 bridgehead atoms. The molecule has 0 aliphatic carbocycles. The van der Waals surface area contributed by atoms with E-state index in [-0.39, 0.29) is 12.5 Å². The van der Waals surface area contributed by atoms with Crippen LogP contribution < -0.4 is 14.8 Å². The van der Waals surface area contributed by atoms with Crippen LogP contribution >= 0.6 is 23.4 Å². The van der Waals surface area contributed by atoms with Crippen molar-refractivity contribution in [2.45, 2.75) is 11.8 Å². The number of rotatable bonds is 5. The number of halogens is 1. The van der Waals surface area contributed by atoms with Crippen molar-refractivity contribution < 1.29 is 14.3 Å². The molecule has 132 valence electrons. The molecule has 0 fully saturated rings. The summed E-state index contributed by atoms with van der Waals surface area (Å²) in [6, 6.07) is 11.2. The summed E-state index contributed by atoms with van der Waals surface area (Å²) in [5, 5.41) is 3.26. The fraction of sp³-hybridized carbons (Fsp3) is 0.150. The topological polar surface area (TPSA) is 47.6 Å². The SMILES string of the molecule is C#CCOc1c(Cl)cc(/C=C2\Sc3ccccc3NC2=O)cc1OCC. The summed E-state index contributed by atoms with van der Waals surface area (Å²) < 4.78 is 11.1. The number of carbonyl (C=O) groups excluding carboxylic acids is 1. The van der Waals surface area contributed by atoms with E-state index in [1.54, 1.807) is 18.2 Å². The summed E-state index contributed by atoms with van der Waals surface area (Å²) in [4.78, 5) is 13.9. The first-order valence-corrected chi connectivity index (χ1v) is 9.14. The lowest BCUT2D eigenvalue weighted by Crippen LogP contribution is -2.17. The Bertz CT molecular complexity index is 918. The maximum atomic E-state index is 12.4. The lowest BCUT2D eigenvalue weighted by Gasteiger charge is -2.18. The van der Waals surface area contributed by atoms with E-state index < -0.39 is 0 Å². The summed E-state index contributed by atoms with van der Waals surface area (Å²) in [5.41, 5.74) is 1.55. The Kier molecular flexibility index (Phi) is 5.77. The molecule has 2 aromatic carbocycles. The summed E-state index contributed by atoms with van der Waals surface area (Å²) >= 11 is 7.74. The molecule has 4 nitrogen and oxygen atoms in total. The highest BCUT2D eigenvalue weighted by molar-refractivity contribution is 8.04. The summed E-state index contributed by atoms with van der Waals surface area (Å²) in [7, 11) is 0. The van der Waals surface area contributed by atoms with Crippen LogP contribution in [0, 0.1) is 12.3 Å². The van der Waals surface area contributed by atoms with E-state index >= 15 is 0 Å². The zero-order valence-corrected chi connectivity index (χ0v) is 15.6. The molecular weight excluding hydrogens is 370 g/mol. The van der Waals surface area contributed by atoms with Gasteiger partial charge in [0.2, 0.25) is 0 Å². The van der Waals surface area contributed by atoms with Crippen molar-refractivity contribution in [3.8, 4) is 23.8 Å². The zero-order valence-electron chi connectivity index (χ0n) is 14.0. The molecule has 1 aliphatic heterocycles. The fourth-order valence-electron chi connectivity index (χ4n) is 2.44. The predicted molar refractivity (Wildman–Crippen MR) is 106 cm³/mol. The molecule has 0 radical (unpaired) electrons. The van der Waals surface area contributed by atoms with Gasteiger partial charge in [-0.25, -0.2) is 0 Å². The number of benzene rings is 2. The van der Waals surface area contributed by atoms with Crippen LogP contribution in [0.2, 0.25) is 5.02 Å². The largest absolute Gasteiger partial charge is 0.490 e. The Labute approximate surface area is 161 Å². The van der Waals surface area contributed by atoms with Crippen LogP contribution in [0.25, 0.3) is 6.08 Å². The van der Waals surface area contributed by atoms with Gasteiger partial charge >= 0.3 is 0 Å². The number of fused-ring (bicyclic) bond motifs is 1. The number of hydrogen-bond acceptors (Lipinski definition) is 4. The minimum absolute atomic E-state index is 0.0925. The van der Waals surface area contributed by atoms with Crippen molar-refractivity contribution >= 4 is 41.0 Å². The molecule has 0 aromatic heterocycles. The molecule has 0 saturated carbocycles. The Balaban J connectivity index is 1.95. The predicted octanol–water partition coefficient (Wildman–Crippen LogP) is 4.84. The third-order valence-corrected chi connectivity index (χ3v) is 4.89. The monoisotopic (exact) mass is 385 g/mol. The minimum Gasteiger partial charge on any atom is -0.490 e. The van der Waals surface area contributed by atoms with E-state index in [9.17, 15) is 4.79 Å². The van der Waals surface area contributed by atoms with Crippen molar-refractivity contribution in [1.29, 1.82) is 0 Å². The smallest absolute Gasteiger partial charge is 0.262 e. The number of carbonyl (C=O) groups is 1. The lowest BCUT2D eigenvalue weighted by atomic mass is 10.1. The molecule has 26 heavy (non-hydrogen) atoms. The van der Waals surface area contributed by atoms with Gasteiger partial charge in [0.25, 0.3) is 5.91 Å². The van der Waals surface area contributed by atoms with Gasteiger partial charge in [-0.2, -0.15) is 0 Å². The molecule has 0 spiro atoms. The summed E-state index contributed by atoms with van der Waals surface area (Å²) in [6.07, 6.45) is 7.02. The summed E-state index contributed by atoms with van der Waals surface area (Å²) in [6.45, 7) is 2.41. The second-order valence-electron chi connectivity index (χ2n) is 5.32. The second kappa shape index (κ2) is 8.22. The van der Waals surface area contributed by atoms with Gasteiger partial charge in [-0.15, -0.1) is 6.42 Å². The maximum absolute atomic E-state index is 12.4. The highest BCUT2D eigenvalue weighted by Crippen LogP contribution is 2.41. The standard InChI is InChI=1S/C20H16ClNO3S/c1-3-9-25-19-14(21)10-13(11-16(19)24-4-2)12-18-20(23)22-15-7-5-6-8-17(15)26-18/h1,5-8,10-12H,4,9H2,2H3,(H,22,23)/b18-12-. The van der Waals surface area contributed by atoms with E-state index in [2.05, 4.69) is 11.2 Å². The lowest BCUT2D eigenvalue weighted by molar-refractivity contribution is -0.112. The normalized spacial score (nSPS) is 14.3. The first-order chi connectivity index (χ1) is 12.6. The molecule has 2 aromatic rings. The van der Waals surface area contributed by atoms with Crippen molar-refractivity contribution in [2.24, 2.45) is 0 Å². The van der Waals surface area contributed by atoms with Crippen LogP contribution in [0.15, 0.2) is 46.2 Å². The number of ether oxygens (including phenoxy) is 2. The van der Waals surface area contributed by atoms with E-state index in [0.717, 1.165) is 16.1 Å². The molecule has 1 amide bonds. The Morgan fingerprint density at radius 1 is 1.31 bits per heavy atom. The van der Waals surface area contributed by atoms with Crippen molar-refractivity contribution in [2.75, 3.05) is 18.5 Å². The zero-order chi connectivity index (χ0) is 18.5. The van der Waals surface area contributed by atoms with Crippen molar-refractivity contribution in [3.63, 3.8) is 0 Å². The number of hydrogen-bond donors (Lipinski definition) is 1. The number of anilines is 1. The van der Waals surface area contributed by atoms with Crippen LogP contribution in [0.5, 0.6) is 11.5 Å². The Hall–Kier alpha value is -2.55. The molecule has 3 rings (SSSR count). The average Bonchev–Trinajstić information content (AvgIpc) is 2.62. The van der Waals surface area contributed by atoms with Gasteiger partial charge in [-0.05, 0) is 42.8 Å². The number of amides is 1. The fourth-order valence-corrected chi connectivity index (χ4v) is 3.67. The number of terminal acetylenes is 1. The van der Waals surface area contributed by atoms with E-state index in [0.29, 0.717) is 28.0 Å². The van der Waals surface area contributed by atoms with E-state index in [4.69, 9.17) is 27.5 Å². The molecule has 0 atom stereocenters. The van der Waals surface area contributed by atoms with Crippen LogP contribution in [0.4, 0.5) is 5.69 Å². The number of para-hydroxylation sites is 1. The van der Waals surface area contributed by atoms with Gasteiger partial charge in [0.1, 0.15) is 6.61 Å². The van der Waals surface area contributed by atoms with Crippen LogP contribution in [-0.4, -0.2) is 19.1 Å². The molecule has 6 heteroatoms. The molecular formula is C20H16ClNO3S. The van der Waals surface area contributed by atoms with Gasteiger partial charge in [-0.1, -0.05) is 41.4 Å². The first-order valence-electron chi connectivity index (χ1n) is 7.95. The maximum Gasteiger partial charge on any atom is 0.262 e. The van der Waals surface area contributed by atoms with Gasteiger partial charge in [0.05, 0.1) is 22.2 Å². The Morgan fingerprint density at radius 2 is 2.12 bits per heavy atom. The molecule has 1 N–H and O–H groups in total. The van der Waals surface area contributed by atoms with Gasteiger partial charge in [-0.3, -0.25) is 4.79 Å². The van der Waals surface area contributed by atoms with Gasteiger partial charge in [0, 0.05) is 4.90 Å². The van der Waals surface area contributed by atoms with Crippen molar-refractivity contribution in [1.82, 2.24) is 0 Å². The second-order valence-corrected chi connectivity index (χ2v) is 6.81.